The second kappa shape index (κ2) is 19.4. The molecular weight excluding hydrogens is 797 g/mol. The molecule has 0 aliphatic carbocycles. The first kappa shape index (κ1) is 47.4. The van der Waals surface area contributed by atoms with Crippen LogP contribution in [0.1, 0.15) is 163 Å². The summed E-state index contributed by atoms with van der Waals surface area (Å²) >= 11 is 0. The molecule has 342 valence electrons. The topological polar surface area (TPSA) is 189 Å². The maximum Gasteiger partial charge on any atom is 0.326 e. The van der Waals surface area contributed by atoms with E-state index in [2.05, 4.69) is 65.8 Å². The number of phenols is 2. The third kappa shape index (κ3) is 10.3. The fourth-order valence-electron chi connectivity index (χ4n) is 9.50. The Balaban J connectivity index is 1.11. The van der Waals surface area contributed by atoms with Crippen LogP contribution in [0.5, 0.6) is 23.0 Å². The SMILES string of the molecule is CC(C)=CCC/C(C)=C/CC[C@@]1(C)Oc2c(c(O)cc3c2CN(CCC[C@@H](C(=O)O)N2Cc4c(cc(O)c5c4O[C@](C)(CC/C=C(\C)CCC=C(C)C)C(N)C5)C2=O)C3=O)CC1N. The molecule has 0 saturated carbocycles. The highest BCUT2D eigenvalue weighted by molar-refractivity contribution is 6.02. The largest absolute Gasteiger partial charge is 0.508 e. The molecule has 5 atom stereocenters. The van der Waals surface area contributed by atoms with Crippen LogP contribution in [0.25, 0.3) is 0 Å². The van der Waals surface area contributed by atoms with Crippen LogP contribution in [0.3, 0.4) is 0 Å². The van der Waals surface area contributed by atoms with Crippen molar-refractivity contribution in [3.05, 3.63) is 92.1 Å². The second-order valence-corrected chi connectivity index (χ2v) is 19.4. The lowest BCUT2D eigenvalue weighted by atomic mass is 9.82. The summed E-state index contributed by atoms with van der Waals surface area (Å²) in [7, 11) is 0. The smallest absolute Gasteiger partial charge is 0.326 e. The van der Waals surface area contributed by atoms with E-state index in [1.165, 1.54) is 39.3 Å². The van der Waals surface area contributed by atoms with E-state index >= 15 is 0 Å². The predicted octanol–water partition coefficient (Wildman–Crippen LogP) is 8.93. The number of hydrogen-bond acceptors (Lipinski definition) is 9. The van der Waals surface area contributed by atoms with E-state index in [0.717, 1.165) is 38.5 Å². The van der Waals surface area contributed by atoms with Gasteiger partial charge in [-0.05, 0) is 145 Å². The van der Waals surface area contributed by atoms with Crippen molar-refractivity contribution in [2.75, 3.05) is 6.54 Å². The maximum atomic E-state index is 14.0. The van der Waals surface area contributed by atoms with Gasteiger partial charge in [0.2, 0.25) is 0 Å². The van der Waals surface area contributed by atoms with E-state index in [-0.39, 0.29) is 55.1 Å². The molecule has 4 aliphatic rings. The van der Waals surface area contributed by atoms with Crippen LogP contribution in [-0.4, -0.2) is 78.8 Å². The molecule has 2 aromatic rings. The number of nitrogens with two attached hydrogens (primary N) is 2. The zero-order valence-corrected chi connectivity index (χ0v) is 38.7. The lowest BCUT2D eigenvalue weighted by Gasteiger charge is -2.41. The Bertz CT molecular complexity index is 2230. The number of nitrogens with zero attached hydrogens (tertiary/aromatic N) is 2. The molecule has 0 saturated heterocycles. The molecule has 12 heteroatoms. The Hall–Kier alpha value is -5.07. The number of benzene rings is 2. The monoisotopic (exact) mass is 867 g/mol. The third-order valence-electron chi connectivity index (χ3n) is 13.7. The van der Waals surface area contributed by atoms with Gasteiger partial charge in [0, 0.05) is 40.9 Å². The quantitative estimate of drug-likeness (QED) is 0.0905. The van der Waals surface area contributed by atoms with E-state index in [1.54, 1.807) is 4.90 Å². The molecule has 2 unspecified atom stereocenters. The van der Waals surface area contributed by atoms with E-state index in [9.17, 15) is 29.7 Å². The van der Waals surface area contributed by atoms with Gasteiger partial charge in [-0.1, -0.05) is 46.6 Å². The molecule has 6 rings (SSSR count). The standard InChI is InChI=1S/C51H70N4O8/c1-30(2)14-9-16-32(5)18-11-21-50(7)43(52)26-36-41(56)24-34-38(45(36)62-50)28-54(47(34)58)23-13-20-40(49(60)61)55-29-39-35(48(55)59)25-42(57)37-27-44(53)51(8,63-46(37)39)22-12-19-33(6)17-10-15-31(3)4/h14-15,18-19,24-25,40,43-44,56-57H,9-13,16-17,20-23,26-29,52-53H2,1-8H3,(H,60,61)/b32-18+,33-19+/t40-,43?,44?,50+,51+/m0/s1. The summed E-state index contributed by atoms with van der Waals surface area (Å²) in [4.78, 5) is 43.6. The number of carbonyl (C=O) groups excluding carboxylic acids is 2. The van der Waals surface area contributed by atoms with Crippen LogP contribution < -0.4 is 20.9 Å². The van der Waals surface area contributed by atoms with Crippen LogP contribution in [-0.2, 0) is 30.7 Å². The number of carboxylic acids is 1. The number of aromatic hydroxyl groups is 2. The molecule has 12 nitrogen and oxygen atoms in total. The summed E-state index contributed by atoms with van der Waals surface area (Å²) in [6.07, 6.45) is 16.8. The highest BCUT2D eigenvalue weighted by atomic mass is 16.5. The Labute approximate surface area is 373 Å². The van der Waals surface area contributed by atoms with Crippen LogP contribution in [0, 0.1) is 0 Å². The van der Waals surface area contributed by atoms with Crippen molar-refractivity contribution in [1.29, 1.82) is 0 Å². The Morgan fingerprint density at radius 2 is 1.19 bits per heavy atom. The number of phenolic OH excluding ortho intramolecular Hbond substituents is 2. The molecule has 0 aromatic heterocycles. The highest BCUT2D eigenvalue weighted by Crippen LogP contribution is 2.48. The number of allylic oxidation sites excluding steroid dienone is 8. The average molecular weight is 867 g/mol. The van der Waals surface area contributed by atoms with Crippen LogP contribution in [0.2, 0.25) is 0 Å². The maximum absolute atomic E-state index is 14.0. The first-order chi connectivity index (χ1) is 29.7. The third-order valence-corrected chi connectivity index (χ3v) is 13.7. The molecular formula is C51H70N4O8. The van der Waals surface area contributed by atoms with Crippen molar-refractivity contribution in [1.82, 2.24) is 9.80 Å². The number of rotatable bonds is 18. The van der Waals surface area contributed by atoms with Crippen molar-refractivity contribution in [2.45, 2.75) is 175 Å². The summed E-state index contributed by atoms with van der Waals surface area (Å²) < 4.78 is 13.3. The van der Waals surface area contributed by atoms with Gasteiger partial charge in [-0.2, -0.15) is 0 Å². The molecule has 63 heavy (non-hydrogen) atoms. The van der Waals surface area contributed by atoms with Gasteiger partial charge in [0.25, 0.3) is 11.8 Å². The van der Waals surface area contributed by atoms with Crippen molar-refractivity contribution >= 4 is 17.8 Å². The lowest BCUT2D eigenvalue weighted by Crippen LogP contribution is -2.54. The number of carbonyl (C=O) groups is 3. The number of hydrogen-bond donors (Lipinski definition) is 5. The summed E-state index contributed by atoms with van der Waals surface area (Å²) in [6, 6.07) is 0.946. The van der Waals surface area contributed by atoms with E-state index in [1.807, 2.05) is 13.8 Å². The molecule has 0 bridgehead atoms. The number of fused-ring (bicyclic) bond motifs is 6. The molecule has 4 aliphatic heterocycles. The van der Waals surface area contributed by atoms with Gasteiger partial charge in [0.1, 0.15) is 40.2 Å². The van der Waals surface area contributed by atoms with Gasteiger partial charge in [-0.15, -0.1) is 0 Å². The molecule has 0 radical (unpaired) electrons. The van der Waals surface area contributed by atoms with Crippen LogP contribution in [0.15, 0.2) is 58.7 Å². The molecule has 2 amide bonds. The van der Waals surface area contributed by atoms with Gasteiger partial charge in [-0.25, -0.2) is 4.79 Å². The van der Waals surface area contributed by atoms with Gasteiger partial charge in [-0.3, -0.25) is 9.59 Å². The van der Waals surface area contributed by atoms with E-state index < -0.39 is 35.2 Å². The van der Waals surface area contributed by atoms with Crippen LogP contribution in [0.4, 0.5) is 0 Å². The first-order valence-corrected chi connectivity index (χ1v) is 22.8. The minimum Gasteiger partial charge on any atom is -0.508 e. The zero-order valence-electron chi connectivity index (χ0n) is 38.7. The Morgan fingerprint density at radius 1 is 0.730 bits per heavy atom. The van der Waals surface area contributed by atoms with Crippen molar-refractivity contribution < 1.29 is 39.2 Å². The van der Waals surface area contributed by atoms with E-state index in [4.69, 9.17) is 20.9 Å². The molecule has 4 heterocycles. The van der Waals surface area contributed by atoms with Gasteiger partial charge >= 0.3 is 5.97 Å². The van der Waals surface area contributed by atoms with Gasteiger partial charge in [0.05, 0.1) is 24.2 Å². The summed E-state index contributed by atoms with van der Waals surface area (Å²) in [5.41, 5.74) is 20.0. The van der Waals surface area contributed by atoms with Crippen LogP contribution >= 0.6 is 0 Å². The minimum absolute atomic E-state index is 0.00540. The average Bonchev–Trinajstić information content (AvgIpc) is 3.69. The molecule has 2 aromatic carbocycles. The van der Waals surface area contributed by atoms with Crippen molar-refractivity contribution in [3.63, 3.8) is 0 Å². The molecule has 7 N–H and O–H groups in total. The van der Waals surface area contributed by atoms with Gasteiger partial charge in [0.15, 0.2) is 0 Å². The fraction of sp³-hybridized carbons (Fsp3) is 0.549. The normalized spacial score (nSPS) is 23.3. The number of carboxylic acid groups (broad SMARTS) is 1. The highest BCUT2D eigenvalue weighted by Gasteiger charge is 2.46. The second-order valence-electron chi connectivity index (χ2n) is 19.4. The molecule has 0 spiro atoms. The Kier molecular flexibility index (Phi) is 14.6. The minimum atomic E-state index is -1.19. The van der Waals surface area contributed by atoms with Crippen molar-refractivity contribution in [2.24, 2.45) is 11.5 Å². The predicted molar refractivity (Wildman–Crippen MR) is 246 cm³/mol. The van der Waals surface area contributed by atoms with Crippen molar-refractivity contribution in [3.8, 4) is 23.0 Å². The number of ether oxygens (including phenoxy) is 2. The summed E-state index contributed by atoms with van der Waals surface area (Å²) in [6.45, 7) is 17.1. The van der Waals surface area contributed by atoms with Gasteiger partial charge < -0.3 is 46.1 Å². The lowest BCUT2D eigenvalue weighted by molar-refractivity contribution is -0.142. The number of amides is 2. The van der Waals surface area contributed by atoms with E-state index in [0.29, 0.717) is 71.4 Å². The summed E-state index contributed by atoms with van der Waals surface area (Å²) in [5.74, 6) is -1.14. The summed E-state index contributed by atoms with van der Waals surface area (Å²) in [5, 5.41) is 32.7. The fourth-order valence-corrected chi connectivity index (χ4v) is 9.50. The number of aliphatic carboxylic acids is 1. The zero-order chi connectivity index (χ0) is 46.0. The Morgan fingerprint density at radius 3 is 1.65 bits per heavy atom. The first-order valence-electron chi connectivity index (χ1n) is 22.8. The molecule has 0 fully saturated rings.